The van der Waals surface area contributed by atoms with Crippen LogP contribution in [0.5, 0.6) is 0 Å². The molecule has 24 heavy (non-hydrogen) atoms. The Labute approximate surface area is 136 Å². The Morgan fingerprint density at radius 1 is 1.25 bits per heavy atom. The lowest BCUT2D eigenvalue weighted by Gasteiger charge is -2.27. The molecule has 0 aliphatic carbocycles. The zero-order valence-corrected chi connectivity index (χ0v) is 12.8. The second-order valence-electron chi connectivity index (χ2n) is 6.18. The summed E-state index contributed by atoms with van der Waals surface area (Å²) in [5.74, 6) is 0.275. The maximum atomic E-state index is 13.7. The molecule has 1 saturated heterocycles. The topological polar surface area (TPSA) is 71.4 Å². The second kappa shape index (κ2) is 5.10. The van der Waals surface area contributed by atoms with E-state index in [0.717, 1.165) is 47.4 Å². The predicted molar refractivity (Wildman–Crippen MR) is 88.9 cm³/mol. The van der Waals surface area contributed by atoms with Crippen molar-refractivity contribution in [3.63, 3.8) is 0 Å². The highest BCUT2D eigenvalue weighted by Gasteiger charge is 2.21. The fourth-order valence-corrected chi connectivity index (χ4v) is 3.14. The first-order chi connectivity index (χ1) is 11.8. The molecule has 0 spiro atoms. The third kappa shape index (κ3) is 2.09. The molecule has 0 amide bonds. The van der Waals surface area contributed by atoms with Gasteiger partial charge < -0.3 is 10.3 Å². The molecule has 4 heterocycles. The number of hydrogen-bond acceptors (Lipinski definition) is 4. The lowest BCUT2D eigenvalue weighted by molar-refractivity contribution is 0.299. The van der Waals surface area contributed by atoms with Crippen molar-refractivity contribution in [1.82, 2.24) is 30.0 Å². The maximum absolute atomic E-state index is 13.7. The van der Waals surface area contributed by atoms with Crippen LogP contribution in [0.15, 0.2) is 36.7 Å². The van der Waals surface area contributed by atoms with Crippen LogP contribution in [0.4, 0.5) is 4.39 Å². The standard InChI is InChI=1S/C17H15FN6/c18-11-1-2-12-15(5-11)24(9-10-6-19-7-10)23-16(12)14-8-21-17-13(22-14)3-4-20-17/h1-5,8,10,19H,6-7,9H2,(H,20,21). The highest BCUT2D eigenvalue weighted by Crippen LogP contribution is 2.28. The molecule has 0 atom stereocenters. The van der Waals surface area contributed by atoms with Gasteiger partial charge in [0.15, 0.2) is 5.65 Å². The van der Waals surface area contributed by atoms with Gasteiger partial charge in [-0.05, 0) is 24.3 Å². The van der Waals surface area contributed by atoms with E-state index in [1.807, 2.05) is 16.9 Å². The summed E-state index contributed by atoms with van der Waals surface area (Å²) in [6.45, 7) is 2.72. The minimum atomic E-state index is -0.255. The molecule has 0 radical (unpaired) electrons. The van der Waals surface area contributed by atoms with Crippen LogP contribution in [-0.4, -0.2) is 37.8 Å². The third-order valence-electron chi connectivity index (χ3n) is 4.51. The Morgan fingerprint density at radius 2 is 2.17 bits per heavy atom. The molecule has 5 rings (SSSR count). The number of aromatic amines is 1. The van der Waals surface area contributed by atoms with E-state index in [2.05, 4.69) is 20.3 Å². The van der Waals surface area contributed by atoms with Crippen molar-refractivity contribution >= 4 is 22.1 Å². The van der Waals surface area contributed by atoms with Crippen molar-refractivity contribution in [3.8, 4) is 11.4 Å². The quantitative estimate of drug-likeness (QED) is 0.607. The van der Waals surface area contributed by atoms with E-state index < -0.39 is 0 Å². The lowest BCUT2D eigenvalue weighted by Crippen LogP contribution is -2.44. The van der Waals surface area contributed by atoms with Crippen LogP contribution in [0.3, 0.4) is 0 Å². The fraction of sp³-hybridized carbons (Fsp3) is 0.235. The summed E-state index contributed by atoms with van der Waals surface area (Å²) >= 11 is 0. The molecule has 2 N–H and O–H groups in total. The van der Waals surface area contributed by atoms with Crippen molar-refractivity contribution in [2.75, 3.05) is 13.1 Å². The molecule has 1 aromatic carbocycles. The summed E-state index contributed by atoms with van der Waals surface area (Å²) in [5, 5.41) is 8.87. The van der Waals surface area contributed by atoms with Crippen molar-refractivity contribution < 1.29 is 4.39 Å². The number of aromatic nitrogens is 5. The van der Waals surface area contributed by atoms with Gasteiger partial charge in [-0.2, -0.15) is 5.10 Å². The van der Waals surface area contributed by atoms with Gasteiger partial charge in [0.25, 0.3) is 0 Å². The molecule has 0 saturated carbocycles. The van der Waals surface area contributed by atoms with Gasteiger partial charge in [0.2, 0.25) is 0 Å². The first-order valence-electron chi connectivity index (χ1n) is 7.95. The van der Waals surface area contributed by atoms with Gasteiger partial charge in [0.05, 0.1) is 11.7 Å². The highest BCUT2D eigenvalue weighted by atomic mass is 19.1. The minimum absolute atomic E-state index is 0.255. The first-order valence-corrected chi connectivity index (χ1v) is 7.95. The summed E-state index contributed by atoms with van der Waals surface area (Å²) in [4.78, 5) is 12.1. The number of hydrogen-bond donors (Lipinski definition) is 2. The molecule has 1 fully saturated rings. The Bertz CT molecular complexity index is 1050. The van der Waals surface area contributed by atoms with Crippen molar-refractivity contribution in [1.29, 1.82) is 0 Å². The predicted octanol–water partition coefficient (Wildman–Crippen LogP) is 2.33. The molecular weight excluding hydrogens is 307 g/mol. The zero-order valence-electron chi connectivity index (χ0n) is 12.8. The van der Waals surface area contributed by atoms with Gasteiger partial charge in [0.1, 0.15) is 22.7 Å². The number of rotatable bonds is 3. The Morgan fingerprint density at radius 3 is 3.00 bits per heavy atom. The summed E-state index contributed by atoms with van der Waals surface area (Å²) in [6, 6.07) is 6.65. The number of benzene rings is 1. The molecule has 6 nitrogen and oxygen atoms in total. The molecule has 0 unspecified atom stereocenters. The molecule has 0 bridgehead atoms. The van der Waals surface area contributed by atoms with E-state index in [1.54, 1.807) is 18.3 Å². The van der Waals surface area contributed by atoms with E-state index in [9.17, 15) is 4.39 Å². The average molecular weight is 322 g/mol. The number of nitrogens with zero attached hydrogens (tertiary/aromatic N) is 4. The van der Waals surface area contributed by atoms with Crippen molar-refractivity contribution in [2.24, 2.45) is 5.92 Å². The average Bonchev–Trinajstić information content (AvgIpc) is 3.14. The van der Waals surface area contributed by atoms with Crippen LogP contribution >= 0.6 is 0 Å². The Balaban J connectivity index is 1.68. The molecule has 1 aliphatic rings. The number of H-pyrrole nitrogens is 1. The summed E-state index contributed by atoms with van der Waals surface area (Å²) in [5.41, 5.74) is 3.78. The molecule has 3 aromatic heterocycles. The molecule has 7 heteroatoms. The molecule has 1 aliphatic heterocycles. The van der Waals surface area contributed by atoms with Crippen LogP contribution in [0.2, 0.25) is 0 Å². The van der Waals surface area contributed by atoms with E-state index in [4.69, 9.17) is 5.10 Å². The number of fused-ring (bicyclic) bond motifs is 2. The summed E-state index contributed by atoms with van der Waals surface area (Å²) < 4.78 is 15.6. The highest BCUT2D eigenvalue weighted by molar-refractivity contribution is 5.93. The van der Waals surface area contributed by atoms with Crippen LogP contribution < -0.4 is 5.32 Å². The van der Waals surface area contributed by atoms with Crippen molar-refractivity contribution in [2.45, 2.75) is 6.54 Å². The van der Waals surface area contributed by atoms with Gasteiger partial charge >= 0.3 is 0 Å². The third-order valence-corrected chi connectivity index (χ3v) is 4.51. The first kappa shape index (κ1) is 13.6. The zero-order chi connectivity index (χ0) is 16.1. The van der Waals surface area contributed by atoms with E-state index in [1.165, 1.54) is 6.07 Å². The van der Waals surface area contributed by atoms with Crippen LogP contribution in [0, 0.1) is 11.7 Å². The molecule has 4 aromatic rings. The van der Waals surface area contributed by atoms with Crippen molar-refractivity contribution in [3.05, 3.63) is 42.5 Å². The second-order valence-corrected chi connectivity index (χ2v) is 6.18. The number of halogens is 1. The summed E-state index contributed by atoms with van der Waals surface area (Å²) in [7, 11) is 0. The van der Waals surface area contributed by atoms with Gasteiger partial charge in [-0.15, -0.1) is 0 Å². The van der Waals surface area contributed by atoms with Gasteiger partial charge in [0, 0.05) is 37.1 Å². The van der Waals surface area contributed by atoms with Crippen LogP contribution in [0.25, 0.3) is 33.5 Å². The SMILES string of the molecule is Fc1ccc2c(-c3cnc4[nH]ccc4n3)nn(CC3CNC3)c2c1. The van der Waals surface area contributed by atoms with E-state index >= 15 is 0 Å². The monoisotopic (exact) mass is 322 g/mol. The maximum Gasteiger partial charge on any atom is 0.156 e. The van der Waals surface area contributed by atoms with Crippen LogP contribution in [0.1, 0.15) is 0 Å². The smallest absolute Gasteiger partial charge is 0.156 e. The largest absolute Gasteiger partial charge is 0.345 e. The van der Waals surface area contributed by atoms with E-state index in [0.29, 0.717) is 11.6 Å². The summed E-state index contributed by atoms with van der Waals surface area (Å²) in [6.07, 6.45) is 3.52. The Kier molecular flexibility index (Phi) is 2.90. The van der Waals surface area contributed by atoms with Crippen LogP contribution in [-0.2, 0) is 6.54 Å². The molecular formula is C17H15FN6. The lowest BCUT2D eigenvalue weighted by atomic mass is 10.0. The Hall–Kier alpha value is -2.80. The fourth-order valence-electron chi connectivity index (χ4n) is 3.14. The van der Waals surface area contributed by atoms with Gasteiger partial charge in [-0.1, -0.05) is 0 Å². The van der Waals surface area contributed by atoms with Gasteiger partial charge in [-0.25, -0.2) is 14.4 Å². The van der Waals surface area contributed by atoms with Gasteiger partial charge in [-0.3, -0.25) is 4.68 Å². The number of nitrogens with one attached hydrogen (secondary N) is 2. The minimum Gasteiger partial charge on any atom is -0.345 e. The normalized spacial score (nSPS) is 15.2. The van der Waals surface area contributed by atoms with E-state index in [-0.39, 0.29) is 5.82 Å². The molecule has 120 valence electrons.